The molecule has 0 aliphatic carbocycles. The van der Waals surface area contributed by atoms with Gasteiger partial charge in [0.15, 0.2) is 11.4 Å². The smallest absolute Gasteiger partial charge is 0.420 e. The van der Waals surface area contributed by atoms with Crippen LogP contribution in [0.1, 0.15) is 55.2 Å². The highest BCUT2D eigenvalue weighted by molar-refractivity contribution is 7.92. The molecule has 2 unspecified atom stereocenters. The summed E-state index contributed by atoms with van der Waals surface area (Å²) in [5, 5.41) is 22.1. The number of halogens is 1. The van der Waals surface area contributed by atoms with E-state index in [9.17, 15) is 42.8 Å². The summed E-state index contributed by atoms with van der Waals surface area (Å²) < 4.78 is 49.6. The van der Waals surface area contributed by atoms with Crippen molar-refractivity contribution in [2.75, 3.05) is 37.0 Å². The van der Waals surface area contributed by atoms with Gasteiger partial charge in [0.2, 0.25) is 17.7 Å². The van der Waals surface area contributed by atoms with Crippen molar-refractivity contribution >= 4 is 56.2 Å². The number of imide groups is 1. The number of nitrogens with one attached hydrogen (secondary N) is 2. The maximum absolute atomic E-state index is 15.8. The molecule has 3 N–H and O–H groups in total. The molecule has 51 heavy (non-hydrogen) atoms. The summed E-state index contributed by atoms with van der Waals surface area (Å²) in [5.41, 5.74) is 1.30. The van der Waals surface area contributed by atoms with E-state index in [1.165, 1.54) is 15.5 Å². The molecule has 5 heterocycles. The van der Waals surface area contributed by atoms with Gasteiger partial charge < -0.3 is 14.4 Å². The number of amides is 4. The fourth-order valence-electron chi connectivity index (χ4n) is 7.31. The molecule has 4 aliphatic heterocycles. The van der Waals surface area contributed by atoms with Crippen LogP contribution in [0.15, 0.2) is 45.6 Å². The van der Waals surface area contributed by atoms with Crippen LogP contribution >= 0.6 is 0 Å². The number of rotatable bonds is 7. The zero-order valence-electron chi connectivity index (χ0n) is 27.0. The minimum absolute atomic E-state index is 0.0433. The fraction of sp³-hybridized carbons (Fsp3) is 0.394. The van der Waals surface area contributed by atoms with E-state index >= 15 is 4.39 Å². The molecular weight excluding hydrogens is 689 g/mol. The van der Waals surface area contributed by atoms with Crippen molar-refractivity contribution in [2.24, 2.45) is 0 Å². The highest BCUT2D eigenvalue weighted by Crippen LogP contribution is 2.39. The molecule has 16 nitrogen and oxygen atoms in total. The summed E-state index contributed by atoms with van der Waals surface area (Å²) in [4.78, 5) is 65.5. The standard InChI is InChI=1S/C33H32FN7O9S/c34-30-22(2-5-25(42)31(30)40-16-28(44)37-51(40,48)49)20-13-21(7-10-35)39(15-20)29(45)17-38-11-8-18(9-12-38)19-1-3-23-26(14-19)50-33(47)41(23)24-4-6-27(43)36-32(24)46/h1-3,5,13-14,18,21,24,42H,4,6-9,11-12,15-17H2,(H,37,44)(H,36,43,46). The van der Waals surface area contributed by atoms with Gasteiger partial charge in [0, 0.05) is 18.5 Å². The highest BCUT2D eigenvalue weighted by atomic mass is 32.2. The topological polar surface area (TPSA) is 215 Å². The third-order valence-electron chi connectivity index (χ3n) is 9.84. The Labute approximate surface area is 289 Å². The Morgan fingerprint density at radius 3 is 2.51 bits per heavy atom. The van der Waals surface area contributed by atoms with Crippen LogP contribution in [0.4, 0.5) is 10.1 Å². The first-order chi connectivity index (χ1) is 24.3. The first-order valence-electron chi connectivity index (χ1n) is 16.3. The van der Waals surface area contributed by atoms with Gasteiger partial charge in [-0.05, 0) is 73.7 Å². The van der Waals surface area contributed by atoms with Gasteiger partial charge in [0.1, 0.15) is 24.0 Å². The average molecular weight is 722 g/mol. The van der Waals surface area contributed by atoms with Crippen LogP contribution in [0.3, 0.4) is 0 Å². The number of fused-ring (bicyclic) bond motifs is 1. The van der Waals surface area contributed by atoms with E-state index in [-0.39, 0.29) is 55.6 Å². The van der Waals surface area contributed by atoms with E-state index in [1.807, 2.05) is 17.0 Å². The van der Waals surface area contributed by atoms with E-state index in [2.05, 4.69) is 5.32 Å². The molecule has 3 aromatic rings. The number of phenolic OH excluding ortho intramolecular Hbond substituents is 1. The molecule has 0 saturated carbocycles. The zero-order valence-corrected chi connectivity index (χ0v) is 27.8. The summed E-state index contributed by atoms with van der Waals surface area (Å²) in [6.45, 7) is 0.411. The van der Waals surface area contributed by atoms with E-state index in [4.69, 9.17) is 4.42 Å². The number of carbonyl (C=O) groups excluding carboxylic acids is 4. The maximum Gasteiger partial charge on any atom is 0.420 e. The third kappa shape index (κ3) is 6.23. The SMILES string of the molecule is N#CCC1C=C(c2ccc(O)c(N3CC(=O)NS3(=O)=O)c2F)CN1C(=O)CN1CCC(c2ccc3c(c2)oc(=O)n3C2CCC(=O)NC2=O)CC1. The van der Waals surface area contributed by atoms with Crippen molar-refractivity contribution in [3.05, 3.63) is 63.9 Å². The Hall–Kier alpha value is -5.54. The number of oxazole rings is 1. The van der Waals surface area contributed by atoms with Crippen molar-refractivity contribution in [3.8, 4) is 11.8 Å². The zero-order chi connectivity index (χ0) is 36.2. The van der Waals surface area contributed by atoms with Gasteiger partial charge in [-0.1, -0.05) is 12.1 Å². The Morgan fingerprint density at radius 1 is 1.06 bits per heavy atom. The number of aromatic hydroxyl groups is 1. The van der Waals surface area contributed by atoms with Crippen LogP contribution in [0.2, 0.25) is 0 Å². The summed E-state index contributed by atoms with van der Waals surface area (Å²) in [7, 11) is -4.41. The number of piperidine rings is 2. The summed E-state index contributed by atoms with van der Waals surface area (Å²) in [5.74, 6) is -4.44. The minimum Gasteiger partial charge on any atom is -0.506 e. The molecule has 4 amide bonds. The van der Waals surface area contributed by atoms with Gasteiger partial charge in [0.25, 0.3) is 5.91 Å². The molecule has 7 rings (SSSR count). The molecule has 0 spiro atoms. The number of carbonyl (C=O) groups is 4. The second-order valence-corrected chi connectivity index (χ2v) is 14.6. The first-order valence-corrected chi connectivity index (χ1v) is 17.7. The van der Waals surface area contributed by atoms with Gasteiger partial charge in [-0.15, -0.1) is 0 Å². The molecule has 3 saturated heterocycles. The lowest BCUT2D eigenvalue weighted by Gasteiger charge is -2.33. The van der Waals surface area contributed by atoms with Crippen LogP contribution in [0.25, 0.3) is 16.7 Å². The number of anilines is 1. The van der Waals surface area contributed by atoms with Crippen molar-refractivity contribution < 1.29 is 41.5 Å². The number of hydrogen-bond acceptors (Lipinski definition) is 11. The second-order valence-electron chi connectivity index (χ2n) is 13.0. The number of nitrogens with zero attached hydrogens (tertiary/aromatic N) is 5. The summed E-state index contributed by atoms with van der Waals surface area (Å²) in [6, 6.07) is 8.32. The van der Waals surface area contributed by atoms with Gasteiger partial charge in [-0.3, -0.25) is 34.0 Å². The van der Waals surface area contributed by atoms with Gasteiger partial charge >= 0.3 is 16.0 Å². The van der Waals surface area contributed by atoms with Crippen molar-refractivity contribution in [2.45, 2.75) is 50.1 Å². The lowest BCUT2D eigenvalue weighted by atomic mass is 9.89. The molecule has 1 aromatic heterocycles. The molecule has 4 aliphatic rings. The normalized spacial score (nSPS) is 22.6. The van der Waals surface area contributed by atoms with Crippen molar-refractivity contribution in [1.82, 2.24) is 24.4 Å². The maximum atomic E-state index is 15.8. The predicted molar refractivity (Wildman–Crippen MR) is 176 cm³/mol. The monoisotopic (exact) mass is 721 g/mol. The fourth-order valence-corrected chi connectivity index (χ4v) is 8.47. The molecule has 266 valence electrons. The Balaban J connectivity index is 1.01. The quantitative estimate of drug-likeness (QED) is 0.293. The Morgan fingerprint density at radius 2 is 1.82 bits per heavy atom. The van der Waals surface area contributed by atoms with Crippen LogP contribution in [0.5, 0.6) is 5.75 Å². The molecule has 3 fully saturated rings. The van der Waals surface area contributed by atoms with E-state index in [1.54, 1.807) is 22.9 Å². The molecular formula is C33H32FN7O9S. The second kappa shape index (κ2) is 13.0. The number of likely N-dealkylation sites (tertiary alicyclic amines) is 1. The lowest BCUT2D eigenvalue weighted by Crippen LogP contribution is -2.45. The van der Waals surface area contributed by atoms with Gasteiger partial charge in [0.05, 0.1) is 30.6 Å². The number of benzene rings is 2. The molecule has 2 atom stereocenters. The number of aromatic nitrogens is 1. The van der Waals surface area contributed by atoms with Gasteiger partial charge in [-0.25, -0.2) is 18.2 Å². The number of hydrogen-bond donors (Lipinski definition) is 3. The summed E-state index contributed by atoms with van der Waals surface area (Å²) in [6.07, 6.45) is 3.23. The summed E-state index contributed by atoms with van der Waals surface area (Å²) >= 11 is 0. The van der Waals surface area contributed by atoms with Crippen LogP contribution in [-0.2, 0) is 29.4 Å². The molecule has 2 aromatic carbocycles. The van der Waals surface area contributed by atoms with E-state index in [0.29, 0.717) is 46.9 Å². The number of phenols is 1. The Kier molecular flexibility index (Phi) is 8.63. The van der Waals surface area contributed by atoms with Crippen LogP contribution < -0.4 is 20.1 Å². The van der Waals surface area contributed by atoms with E-state index < -0.39 is 63.7 Å². The van der Waals surface area contributed by atoms with Crippen molar-refractivity contribution in [1.29, 1.82) is 5.26 Å². The number of nitriles is 1. The van der Waals surface area contributed by atoms with E-state index in [0.717, 1.165) is 11.6 Å². The lowest BCUT2D eigenvalue weighted by molar-refractivity contribution is -0.136. The molecule has 18 heteroatoms. The predicted octanol–water partition coefficient (Wildman–Crippen LogP) is 0.985. The van der Waals surface area contributed by atoms with Gasteiger partial charge in [-0.2, -0.15) is 13.7 Å². The Bertz CT molecular complexity index is 2230. The van der Waals surface area contributed by atoms with Crippen LogP contribution in [0, 0.1) is 17.1 Å². The first kappa shape index (κ1) is 33.9. The molecule has 0 radical (unpaired) electrons. The largest absolute Gasteiger partial charge is 0.506 e. The van der Waals surface area contributed by atoms with Crippen LogP contribution in [-0.4, -0.2) is 90.3 Å². The third-order valence-corrected chi connectivity index (χ3v) is 11.2. The average Bonchev–Trinajstić information content (AvgIpc) is 3.72. The van der Waals surface area contributed by atoms with Crippen molar-refractivity contribution in [3.63, 3.8) is 0 Å². The molecule has 0 bridgehead atoms. The minimum atomic E-state index is -4.41. The highest BCUT2D eigenvalue weighted by Gasteiger charge is 2.39.